The minimum atomic E-state index is 0.137. The summed E-state index contributed by atoms with van der Waals surface area (Å²) in [5.74, 6) is 0. The lowest BCUT2D eigenvalue weighted by molar-refractivity contribution is 0.0209. The van der Waals surface area contributed by atoms with E-state index in [4.69, 9.17) is 5.11 Å². The molecule has 1 spiro atoms. The maximum absolute atomic E-state index is 9.13. The fraction of sp³-hybridized carbons (Fsp3) is 0.647. The molecule has 0 aromatic heterocycles. The van der Waals surface area contributed by atoms with Crippen LogP contribution in [0.2, 0.25) is 0 Å². The highest BCUT2D eigenvalue weighted by Gasteiger charge is 2.39. The Bertz CT molecular complexity index is 415. The lowest BCUT2D eigenvalue weighted by atomic mass is 9.79. The number of aliphatic hydroxyl groups is 1. The Hall–Kier alpha value is -0.900. The van der Waals surface area contributed by atoms with E-state index >= 15 is 0 Å². The van der Waals surface area contributed by atoms with Crippen LogP contribution in [0.3, 0.4) is 0 Å². The van der Waals surface area contributed by atoms with Gasteiger partial charge in [0.2, 0.25) is 0 Å². The van der Waals surface area contributed by atoms with Gasteiger partial charge in [0.1, 0.15) is 0 Å². The summed E-state index contributed by atoms with van der Waals surface area (Å²) >= 11 is 0. The molecule has 3 heteroatoms. The molecule has 1 aromatic carbocycles. The summed E-state index contributed by atoms with van der Waals surface area (Å²) in [5.41, 5.74) is 2.77. The second-order valence-electron chi connectivity index (χ2n) is 6.36. The van der Waals surface area contributed by atoms with E-state index in [0.717, 1.165) is 31.7 Å². The largest absolute Gasteiger partial charge is 0.392 e. The number of rotatable bonds is 3. The van der Waals surface area contributed by atoms with Gasteiger partial charge in [0.05, 0.1) is 6.61 Å². The average Bonchev–Trinajstić information content (AvgIpc) is 2.51. The van der Waals surface area contributed by atoms with E-state index < -0.39 is 0 Å². The molecule has 1 heterocycles. The Morgan fingerprint density at radius 2 is 1.75 bits per heavy atom. The summed E-state index contributed by atoms with van der Waals surface area (Å²) in [6.45, 7) is 4.60. The van der Waals surface area contributed by atoms with Gasteiger partial charge in [0, 0.05) is 31.7 Å². The molecule has 1 aliphatic carbocycles. The molecule has 0 bridgehead atoms. The summed E-state index contributed by atoms with van der Waals surface area (Å²) < 4.78 is 0. The molecule has 2 N–H and O–H groups in total. The molecule has 1 saturated carbocycles. The van der Waals surface area contributed by atoms with Crippen LogP contribution in [-0.4, -0.2) is 35.2 Å². The third kappa shape index (κ3) is 2.90. The monoisotopic (exact) mass is 274 g/mol. The van der Waals surface area contributed by atoms with Gasteiger partial charge in [0.25, 0.3) is 0 Å². The van der Waals surface area contributed by atoms with E-state index in [1.54, 1.807) is 0 Å². The zero-order valence-corrected chi connectivity index (χ0v) is 12.3. The van der Waals surface area contributed by atoms with Crippen molar-refractivity contribution in [1.82, 2.24) is 10.2 Å². The van der Waals surface area contributed by atoms with Gasteiger partial charge in [-0.2, -0.15) is 0 Å². The molecular formula is C17H26N2O. The van der Waals surface area contributed by atoms with Crippen LogP contribution in [0.25, 0.3) is 0 Å². The van der Waals surface area contributed by atoms with Crippen molar-refractivity contribution in [2.45, 2.75) is 50.8 Å². The van der Waals surface area contributed by atoms with E-state index in [9.17, 15) is 0 Å². The minimum Gasteiger partial charge on any atom is -0.392 e. The standard InChI is InChI=1S/C17H26N2O/c20-13-16-6-4-15(5-7-16)12-19-11-10-18-14-17(19)8-2-1-3-9-17/h4-7,18,20H,1-3,8-14H2. The zero-order valence-electron chi connectivity index (χ0n) is 12.3. The maximum Gasteiger partial charge on any atom is 0.0681 e. The van der Waals surface area contributed by atoms with E-state index in [0.29, 0.717) is 5.54 Å². The van der Waals surface area contributed by atoms with Crippen molar-refractivity contribution in [3.05, 3.63) is 35.4 Å². The van der Waals surface area contributed by atoms with Crippen LogP contribution in [0.4, 0.5) is 0 Å². The number of aliphatic hydroxyl groups excluding tert-OH is 1. The Labute approximate surface area is 122 Å². The number of nitrogens with one attached hydrogen (secondary N) is 1. The molecule has 2 aliphatic rings. The molecule has 3 nitrogen and oxygen atoms in total. The number of piperazine rings is 1. The Kier molecular flexibility index (Phi) is 4.39. The van der Waals surface area contributed by atoms with E-state index in [1.165, 1.54) is 37.7 Å². The normalized spacial score (nSPS) is 23.1. The van der Waals surface area contributed by atoms with E-state index in [1.807, 2.05) is 12.1 Å². The molecule has 0 amide bonds. The van der Waals surface area contributed by atoms with Crippen molar-refractivity contribution in [3.8, 4) is 0 Å². The van der Waals surface area contributed by atoms with Gasteiger partial charge in [-0.3, -0.25) is 4.90 Å². The molecule has 0 atom stereocenters. The van der Waals surface area contributed by atoms with Crippen LogP contribution < -0.4 is 5.32 Å². The molecule has 20 heavy (non-hydrogen) atoms. The Balaban J connectivity index is 1.72. The highest BCUT2D eigenvalue weighted by molar-refractivity contribution is 5.22. The third-order valence-corrected chi connectivity index (χ3v) is 5.05. The van der Waals surface area contributed by atoms with Crippen LogP contribution >= 0.6 is 0 Å². The second kappa shape index (κ2) is 6.25. The molecule has 110 valence electrons. The fourth-order valence-corrected chi connectivity index (χ4v) is 3.80. The van der Waals surface area contributed by atoms with Crippen molar-refractivity contribution < 1.29 is 5.11 Å². The van der Waals surface area contributed by atoms with Crippen LogP contribution in [-0.2, 0) is 13.2 Å². The lowest BCUT2D eigenvalue weighted by Crippen LogP contribution is -2.61. The van der Waals surface area contributed by atoms with Crippen LogP contribution in [0.5, 0.6) is 0 Å². The quantitative estimate of drug-likeness (QED) is 0.887. The highest BCUT2D eigenvalue weighted by Crippen LogP contribution is 2.35. The number of hydrogen-bond acceptors (Lipinski definition) is 3. The molecule has 1 aliphatic heterocycles. The van der Waals surface area contributed by atoms with E-state index in [-0.39, 0.29) is 6.61 Å². The van der Waals surface area contributed by atoms with Gasteiger partial charge < -0.3 is 10.4 Å². The van der Waals surface area contributed by atoms with Crippen molar-refractivity contribution in [2.75, 3.05) is 19.6 Å². The fourth-order valence-electron chi connectivity index (χ4n) is 3.80. The zero-order chi connectivity index (χ0) is 13.8. The van der Waals surface area contributed by atoms with Crippen molar-refractivity contribution >= 4 is 0 Å². The lowest BCUT2D eigenvalue weighted by Gasteiger charge is -2.50. The molecule has 2 fully saturated rings. The number of nitrogens with zero attached hydrogens (tertiary/aromatic N) is 1. The van der Waals surface area contributed by atoms with E-state index in [2.05, 4.69) is 22.3 Å². The van der Waals surface area contributed by atoms with Gasteiger partial charge in [-0.05, 0) is 24.0 Å². The summed E-state index contributed by atoms with van der Waals surface area (Å²) in [4.78, 5) is 2.70. The molecular weight excluding hydrogens is 248 g/mol. The van der Waals surface area contributed by atoms with Crippen molar-refractivity contribution in [1.29, 1.82) is 0 Å². The van der Waals surface area contributed by atoms with Gasteiger partial charge in [-0.15, -0.1) is 0 Å². The first-order valence-electron chi connectivity index (χ1n) is 7.97. The first kappa shape index (κ1) is 14.1. The SMILES string of the molecule is OCc1ccc(CN2CCNCC23CCCCC3)cc1. The molecule has 3 rings (SSSR count). The van der Waals surface area contributed by atoms with Crippen molar-refractivity contribution in [3.63, 3.8) is 0 Å². The van der Waals surface area contributed by atoms with Crippen LogP contribution in [0.15, 0.2) is 24.3 Å². The smallest absolute Gasteiger partial charge is 0.0681 e. The predicted octanol–water partition coefficient (Wildman–Crippen LogP) is 2.29. The summed E-state index contributed by atoms with van der Waals surface area (Å²) in [5, 5.41) is 12.7. The number of hydrogen-bond donors (Lipinski definition) is 2. The highest BCUT2D eigenvalue weighted by atomic mass is 16.3. The number of benzene rings is 1. The third-order valence-electron chi connectivity index (χ3n) is 5.05. The molecule has 0 radical (unpaired) electrons. The summed E-state index contributed by atoms with van der Waals surface area (Å²) in [6.07, 6.45) is 6.84. The van der Waals surface area contributed by atoms with Crippen LogP contribution in [0, 0.1) is 0 Å². The average molecular weight is 274 g/mol. The maximum atomic E-state index is 9.13. The molecule has 1 saturated heterocycles. The second-order valence-corrected chi connectivity index (χ2v) is 6.36. The predicted molar refractivity (Wildman–Crippen MR) is 81.5 cm³/mol. The summed E-state index contributed by atoms with van der Waals surface area (Å²) in [6, 6.07) is 8.43. The van der Waals surface area contributed by atoms with Gasteiger partial charge in [0.15, 0.2) is 0 Å². The van der Waals surface area contributed by atoms with Gasteiger partial charge >= 0.3 is 0 Å². The first-order valence-corrected chi connectivity index (χ1v) is 7.97. The van der Waals surface area contributed by atoms with Crippen molar-refractivity contribution in [2.24, 2.45) is 0 Å². The Morgan fingerprint density at radius 1 is 1.05 bits per heavy atom. The van der Waals surface area contributed by atoms with Crippen LogP contribution in [0.1, 0.15) is 43.2 Å². The molecule has 1 aromatic rings. The topological polar surface area (TPSA) is 35.5 Å². The summed E-state index contributed by atoms with van der Waals surface area (Å²) in [7, 11) is 0. The first-order chi connectivity index (χ1) is 9.82. The molecule has 0 unspecified atom stereocenters. The van der Waals surface area contributed by atoms with Gasteiger partial charge in [-0.1, -0.05) is 43.5 Å². The minimum absolute atomic E-state index is 0.137. The van der Waals surface area contributed by atoms with Gasteiger partial charge in [-0.25, -0.2) is 0 Å². The Morgan fingerprint density at radius 3 is 2.45 bits per heavy atom.